The molecule has 0 atom stereocenters. The number of aryl methyl sites for hydroxylation is 1. The Hall–Kier alpha value is -1.91. The highest BCUT2D eigenvalue weighted by Crippen LogP contribution is 2.14. The van der Waals surface area contributed by atoms with E-state index < -0.39 is 11.6 Å². The molecule has 138 valence electrons. The van der Waals surface area contributed by atoms with Crippen LogP contribution in [-0.2, 0) is 13.6 Å². The van der Waals surface area contributed by atoms with Crippen molar-refractivity contribution in [3.8, 4) is 5.75 Å². The number of hydrogen-bond acceptors (Lipinski definition) is 3. The van der Waals surface area contributed by atoms with E-state index in [1.165, 1.54) is 6.07 Å². The first-order valence-electron chi connectivity index (χ1n) is 7.46. The summed E-state index contributed by atoms with van der Waals surface area (Å²) in [6.07, 6.45) is 3.74. The summed E-state index contributed by atoms with van der Waals surface area (Å²) in [5, 5.41) is 7.28. The van der Waals surface area contributed by atoms with Gasteiger partial charge in [0, 0.05) is 45.5 Å². The number of halogens is 3. The number of aliphatic imine (C=N–C) groups is 1. The number of benzene rings is 1. The van der Waals surface area contributed by atoms with Crippen molar-refractivity contribution in [1.82, 2.24) is 20.0 Å². The number of guanidine groups is 1. The summed E-state index contributed by atoms with van der Waals surface area (Å²) in [6.45, 7) is 1.44. The zero-order valence-electron chi connectivity index (χ0n) is 14.4. The molecule has 25 heavy (non-hydrogen) atoms. The standard InChI is InChI=1S/C16H21F2N5O.HI/c1-19-16(22(2)10-12-9-21-23(3)11-12)20-6-7-24-13-4-5-14(17)15(18)8-13;/h4-5,8-9,11H,6-7,10H2,1-3H3,(H,19,20);1H. The minimum Gasteiger partial charge on any atom is -0.492 e. The molecule has 1 heterocycles. The summed E-state index contributed by atoms with van der Waals surface area (Å²) in [4.78, 5) is 6.15. The second-order valence-corrected chi connectivity index (χ2v) is 5.28. The summed E-state index contributed by atoms with van der Waals surface area (Å²) in [7, 11) is 5.48. The second kappa shape index (κ2) is 10.2. The van der Waals surface area contributed by atoms with E-state index in [9.17, 15) is 8.78 Å². The fourth-order valence-corrected chi connectivity index (χ4v) is 2.19. The lowest BCUT2D eigenvalue weighted by Gasteiger charge is -2.21. The van der Waals surface area contributed by atoms with Crippen LogP contribution in [0.5, 0.6) is 5.75 Å². The zero-order chi connectivity index (χ0) is 17.5. The van der Waals surface area contributed by atoms with Gasteiger partial charge in [-0.05, 0) is 12.1 Å². The molecule has 1 N–H and O–H groups in total. The van der Waals surface area contributed by atoms with Gasteiger partial charge in [-0.1, -0.05) is 0 Å². The highest BCUT2D eigenvalue weighted by molar-refractivity contribution is 14.0. The summed E-state index contributed by atoms with van der Waals surface area (Å²) in [6, 6.07) is 3.46. The molecule has 9 heteroatoms. The molecular weight excluding hydrogens is 443 g/mol. The van der Waals surface area contributed by atoms with E-state index in [-0.39, 0.29) is 29.7 Å². The molecule has 0 bridgehead atoms. The van der Waals surface area contributed by atoms with Crippen molar-refractivity contribution in [2.75, 3.05) is 27.2 Å². The Kier molecular flexibility index (Phi) is 8.59. The molecule has 0 spiro atoms. The van der Waals surface area contributed by atoms with Crippen LogP contribution >= 0.6 is 24.0 Å². The molecule has 1 aromatic carbocycles. The summed E-state index contributed by atoms with van der Waals surface area (Å²) in [5.74, 6) is -0.826. The lowest BCUT2D eigenvalue weighted by atomic mass is 10.3. The van der Waals surface area contributed by atoms with Gasteiger partial charge < -0.3 is 15.0 Å². The first-order chi connectivity index (χ1) is 11.5. The SMILES string of the molecule is CN=C(NCCOc1ccc(F)c(F)c1)N(C)Cc1cnn(C)c1.I. The molecule has 0 amide bonds. The minimum absolute atomic E-state index is 0. The van der Waals surface area contributed by atoms with E-state index >= 15 is 0 Å². The van der Waals surface area contributed by atoms with E-state index in [2.05, 4.69) is 15.4 Å². The maximum Gasteiger partial charge on any atom is 0.193 e. The third-order valence-corrected chi connectivity index (χ3v) is 3.30. The van der Waals surface area contributed by atoms with Gasteiger partial charge in [-0.25, -0.2) is 8.78 Å². The zero-order valence-corrected chi connectivity index (χ0v) is 16.7. The van der Waals surface area contributed by atoms with E-state index in [1.807, 2.05) is 25.2 Å². The van der Waals surface area contributed by atoms with Crippen LogP contribution in [0.25, 0.3) is 0 Å². The Morgan fingerprint density at radius 2 is 2.12 bits per heavy atom. The number of aromatic nitrogens is 2. The third kappa shape index (κ3) is 6.48. The summed E-state index contributed by atoms with van der Waals surface area (Å²) < 4.78 is 33.0. The van der Waals surface area contributed by atoms with Gasteiger partial charge in [0.15, 0.2) is 17.6 Å². The fraction of sp³-hybridized carbons (Fsp3) is 0.375. The Morgan fingerprint density at radius 3 is 2.72 bits per heavy atom. The van der Waals surface area contributed by atoms with E-state index in [4.69, 9.17) is 4.74 Å². The third-order valence-electron chi connectivity index (χ3n) is 3.30. The number of hydrogen-bond donors (Lipinski definition) is 1. The van der Waals surface area contributed by atoms with Crippen molar-refractivity contribution in [3.05, 3.63) is 47.8 Å². The van der Waals surface area contributed by atoms with E-state index in [0.29, 0.717) is 25.7 Å². The molecular formula is C16H22F2IN5O. The largest absolute Gasteiger partial charge is 0.492 e. The van der Waals surface area contributed by atoms with Crippen LogP contribution in [0.4, 0.5) is 8.78 Å². The van der Waals surface area contributed by atoms with Crippen molar-refractivity contribution in [3.63, 3.8) is 0 Å². The van der Waals surface area contributed by atoms with Crippen molar-refractivity contribution < 1.29 is 13.5 Å². The average Bonchev–Trinajstić information content (AvgIpc) is 2.95. The maximum atomic E-state index is 13.1. The van der Waals surface area contributed by atoms with E-state index in [0.717, 1.165) is 17.7 Å². The monoisotopic (exact) mass is 465 g/mol. The Bertz CT molecular complexity index is 708. The fourth-order valence-electron chi connectivity index (χ4n) is 2.19. The molecule has 0 radical (unpaired) electrons. The predicted molar refractivity (Wildman–Crippen MR) is 103 cm³/mol. The molecule has 2 rings (SSSR count). The topological polar surface area (TPSA) is 54.7 Å². The molecule has 1 aromatic heterocycles. The van der Waals surface area contributed by atoms with Gasteiger partial charge in [0.25, 0.3) is 0 Å². The lowest BCUT2D eigenvalue weighted by Crippen LogP contribution is -2.40. The van der Waals surface area contributed by atoms with Crippen LogP contribution < -0.4 is 10.1 Å². The minimum atomic E-state index is -0.924. The van der Waals surface area contributed by atoms with Gasteiger partial charge in [-0.3, -0.25) is 9.67 Å². The maximum absolute atomic E-state index is 13.1. The smallest absolute Gasteiger partial charge is 0.193 e. The summed E-state index contributed by atoms with van der Waals surface area (Å²) in [5.41, 5.74) is 1.07. The second-order valence-electron chi connectivity index (χ2n) is 5.28. The Labute approximate surface area is 162 Å². The van der Waals surface area contributed by atoms with Gasteiger partial charge in [-0.15, -0.1) is 24.0 Å². The highest BCUT2D eigenvalue weighted by atomic mass is 127. The molecule has 0 fully saturated rings. The number of nitrogens with zero attached hydrogens (tertiary/aromatic N) is 4. The molecule has 0 aliphatic heterocycles. The predicted octanol–water partition coefficient (Wildman–Crippen LogP) is 2.40. The quantitative estimate of drug-likeness (QED) is 0.308. The van der Waals surface area contributed by atoms with Crippen molar-refractivity contribution in [1.29, 1.82) is 0 Å². The molecule has 0 aliphatic carbocycles. The molecule has 6 nitrogen and oxygen atoms in total. The molecule has 2 aromatic rings. The Balaban J connectivity index is 0.00000312. The van der Waals surface area contributed by atoms with Crippen LogP contribution in [0.2, 0.25) is 0 Å². The number of rotatable bonds is 6. The molecule has 0 saturated heterocycles. The van der Waals surface area contributed by atoms with Crippen molar-refractivity contribution in [2.24, 2.45) is 12.0 Å². The van der Waals surface area contributed by atoms with Gasteiger partial charge in [0.1, 0.15) is 12.4 Å². The lowest BCUT2D eigenvalue weighted by molar-refractivity contribution is 0.316. The van der Waals surface area contributed by atoms with Gasteiger partial charge in [0.05, 0.1) is 12.7 Å². The van der Waals surface area contributed by atoms with Crippen LogP contribution in [0.1, 0.15) is 5.56 Å². The first-order valence-corrected chi connectivity index (χ1v) is 7.46. The first kappa shape index (κ1) is 21.1. The van der Waals surface area contributed by atoms with E-state index in [1.54, 1.807) is 17.9 Å². The Morgan fingerprint density at radius 1 is 1.36 bits per heavy atom. The molecule has 0 aliphatic rings. The molecule has 0 unspecified atom stereocenters. The number of ether oxygens (including phenoxy) is 1. The van der Waals surface area contributed by atoms with Gasteiger partial charge >= 0.3 is 0 Å². The van der Waals surface area contributed by atoms with Crippen LogP contribution in [0, 0.1) is 11.6 Å². The van der Waals surface area contributed by atoms with Crippen molar-refractivity contribution in [2.45, 2.75) is 6.54 Å². The highest BCUT2D eigenvalue weighted by Gasteiger charge is 2.08. The summed E-state index contributed by atoms with van der Waals surface area (Å²) >= 11 is 0. The van der Waals surface area contributed by atoms with Crippen LogP contribution in [0.3, 0.4) is 0 Å². The van der Waals surface area contributed by atoms with Crippen molar-refractivity contribution >= 4 is 29.9 Å². The van der Waals surface area contributed by atoms with Crippen LogP contribution in [0.15, 0.2) is 35.6 Å². The average molecular weight is 465 g/mol. The van der Waals surface area contributed by atoms with Gasteiger partial charge in [-0.2, -0.15) is 5.10 Å². The van der Waals surface area contributed by atoms with Crippen LogP contribution in [-0.4, -0.2) is 47.9 Å². The molecule has 0 saturated carbocycles. The normalized spacial score (nSPS) is 11.0. The van der Waals surface area contributed by atoms with Gasteiger partial charge in [0.2, 0.25) is 0 Å². The number of nitrogens with one attached hydrogen (secondary N) is 1.